The molecule has 1 aromatic heterocycles. The van der Waals surface area contributed by atoms with E-state index >= 15 is 0 Å². The Balaban J connectivity index is 1.51. The highest BCUT2D eigenvalue weighted by atomic mass is 19.1. The Bertz CT molecular complexity index is 968. The Morgan fingerprint density at radius 3 is 2.75 bits per heavy atom. The second-order valence-electron chi connectivity index (χ2n) is 6.30. The van der Waals surface area contributed by atoms with E-state index in [0.29, 0.717) is 25.7 Å². The number of hydrogen-bond donors (Lipinski definition) is 3. The number of hydrogen-bond acceptors (Lipinski definition) is 2. The smallest absolute Gasteiger partial charge is 0.191 e. The number of H-pyrrole nitrogens is 1. The van der Waals surface area contributed by atoms with Crippen LogP contribution in [0.5, 0.6) is 5.75 Å². The summed E-state index contributed by atoms with van der Waals surface area (Å²) in [6, 6.07) is 9.64. The lowest BCUT2D eigenvalue weighted by molar-refractivity contribution is 0.321. The molecule has 0 saturated heterocycles. The number of guanidine groups is 1. The second kappa shape index (κ2) is 9.21. The van der Waals surface area contributed by atoms with Crippen molar-refractivity contribution in [2.45, 2.75) is 19.9 Å². The van der Waals surface area contributed by atoms with E-state index in [-0.39, 0.29) is 17.4 Å². The quantitative estimate of drug-likeness (QED) is 0.428. The predicted octanol–water partition coefficient (Wildman–Crippen LogP) is 3.75. The highest BCUT2D eigenvalue weighted by Crippen LogP contribution is 2.20. The predicted molar refractivity (Wildman–Crippen MR) is 108 cm³/mol. The number of nitrogens with zero attached hydrogens (tertiary/aromatic N) is 1. The molecule has 0 radical (unpaired) electrons. The number of aromatic nitrogens is 1. The number of fused-ring (bicyclic) bond motifs is 1. The van der Waals surface area contributed by atoms with E-state index in [1.165, 1.54) is 18.2 Å². The van der Waals surface area contributed by atoms with Crippen LogP contribution in [0.3, 0.4) is 0 Å². The van der Waals surface area contributed by atoms with E-state index in [9.17, 15) is 8.78 Å². The number of ether oxygens (including phenoxy) is 1. The van der Waals surface area contributed by atoms with Gasteiger partial charge in [0, 0.05) is 37.2 Å². The SMILES string of the molecule is CCOc1ccc(CNC(=NC)NCCc2c[nH]c3cc(F)ccc23)cc1F. The fourth-order valence-electron chi connectivity index (χ4n) is 3.01. The average Bonchev–Trinajstić information content (AvgIpc) is 3.08. The van der Waals surface area contributed by atoms with E-state index in [4.69, 9.17) is 4.74 Å². The largest absolute Gasteiger partial charge is 0.491 e. The average molecular weight is 386 g/mol. The molecule has 28 heavy (non-hydrogen) atoms. The zero-order valence-corrected chi connectivity index (χ0v) is 16.0. The highest BCUT2D eigenvalue weighted by molar-refractivity contribution is 5.83. The molecule has 0 saturated carbocycles. The van der Waals surface area contributed by atoms with Crippen LogP contribution in [0.25, 0.3) is 10.9 Å². The minimum absolute atomic E-state index is 0.255. The molecule has 3 N–H and O–H groups in total. The third-order valence-corrected chi connectivity index (χ3v) is 4.40. The van der Waals surface area contributed by atoms with Crippen LogP contribution in [-0.4, -0.2) is 31.1 Å². The molecule has 0 aliphatic rings. The minimum atomic E-state index is -0.375. The van der Waals surface area contributed by atoms with Crippen LogP contribution in [0.15, 0.2) is 47.6 Å². The summed E-state index contributed by atoms with van der Waals surface area (Å²) in [6.45, 7) is 3.34. The molecule has 0 fully saturated rings. The summed E-state index contributed by atoms with van der Waals surface area (Å²) >= 11 is 0. The molecule has 3 rings (SSSR count). The summed E-state index contributed by atoms with van der Waals surface area (Å²) < 4.78 is 32.4. The van der Waals surface area contributed by atoms with Gasteiger partial charge in [-0.2, -0.15) is 0 Å². The van der Waals surface area contributed by atoms with Gasteiger partial charge in [-0.15, -0.1) is 0 Å². The van der Waals surface area contributed by atoms with Gasteiger partial charge in [0.15, 0.2) is 17.5 Å². The van der Waals surface area contributed by atoms with E-state index in [0.717, 1.165) is 28.5 Å². The van der Waals surface area contributed by atoms with Gasteiger partial charge >= 0.3 is 0 Å². The van der Waals surface area contributed by atoms with Crippen molar-refractivity contribution in [3.63, 3.8) is 0 Å². The van der Waals surface area contributed by atoms with Crippen LogP contribution in [0.4, 0.5) is 8.78 Å². The van der Waals surface area contributed by atoms with E-state index in [1.807, 2.05) is 19.2 Å². The van der Waals surface area contributed by atoms with Gasteiger partial charge in [0.25, 0.3) is 0 Å². The number of aliphatic imine (C=N–C) groups is 1. The summed E-state index contributed by atoms with van der Waals surface area (Å²) in [7, 11) is 1.68. The zero-order chi connectivity index (χ0) is 19.9. The number of benzene rings is 2. The maximum atomic E-state index is 13.9. The van der Waals surface area contributed by atoms with Crippen molar-refractivity contribution in [2.75, 3.05) is 20.2 Å². The lowest BCUT2D eigenvalue weighted by Gasteiger charge is -2.12. The summed E-state index contributed by atoms with van der Waals surface area (Å²) in [4.78, 5) is 7.27. The maximum absolute atomic E-state index is 13.9. The van der Waals surface area contributed by atoms with Crippen molar-refractivity contribution >= 4 is 16.9 Å². The third-order valence-electron chi connectivity index (χ3n) is 4.40. The van der Waals surface area contributed by atoms with Gasteiger partial charge in [-0.25, -0.2) is 8.78 Å². The van der Waals surface area contributed by atoms with Crippen molar-refractivity contribution in [1.82, 2.24) is 15.6 Å². The third kappa shape index (κ3) is 4.79. The molecule has 5 nitrogen and oxygen atoms in total. The Hall–Kier alpha value is -3.09. The van der Waals surface area contributed by atoms with Crippen LogP contribution < -0.4 is 15.4 Å². The molecule has 0 amide bonds. The van der Waals surface area contributed by atoms with Gasteiger partial charge in [-0.3, -0.25) is 4.99 Å². The lowest BCUT2D eigenvalue weighted by Crippen LogP contribution is -2.37. The molecule has 7 heteroatoms. The topological polar surface area (TPSA) is 61.4 Å². The summed E-state index contributed by atoms with van der Waals surface area (Å²) in [5.74, 6) is 0.252. The van der Waals surface area contributed by atoms with Crippen LogP contribution >= 0.6 is 0 Å². The minimum Gasteiger partial charge on any atom is -0.491 e. The number of rotatable bonds is 7. The Kier molecular flexibility index (Phi) is 6.47. The lowest BCUT2D eigenvalue weighted by atomic mass is 10.1. The van der Waals surface area contributed by atoms with Gasteiger partial charge in [-0.05, 0) is 54.8 Å². The molecular formula is C21H24F2N4O. The normalized spacial score (nSPS) is 11.6. The molecular weight excluding hydrogens is 362 g/mol. The molecule has 2 aromatic carbocycles. The molecule has 1 heterocycles. The molecule has 0 atom stereocenters. The van der Waals surface area contributed by atoms with Crippen LogP contribution in [0.1, 0.15) is 18.1 Å². The standard InChI is InChI=1S/C21H24F2N4O/c1-3-28-20-7-4-14(10-18(20)23)12-27-21(24-2)25-9-8-15-13-26-19-11-16(22)5-6-17(15)19/h4-7,10-11,13,26H,3,8-9,12H2,1-2H3,(H2,24,25,27). The summed E-state index contributed by atoms with van der Waals surface area (Å²) in [5, 5.41) is 7.41. The Morgan fingerprint density at radius 2 is 2.00 bits per heavy atom. The number of aromatic amines is 1. The van der Waals surface area contributed by atoms with Crippen LogP contribution in [0.2, 0.25) is 0 Å². The van der Waals surface area contributed by atoms with Gasteiger partial charge in [0.2, 0.25) is 0 Å². The molecule has 0 aliphatic heterocycles. The Labute approximate surface area is 162 Å². The molecule has 0 aliphatic carbocycles. The number of halogens is 2. The van der Waals surface area contributed by atoms with Crippen molar-refractivity contribution in [2.24, 2.45) is 4.99 Å². The highest BCUT2D eigenvalue weighted by Gasteiger charge is 2.07. The molecule has 148 valence electrons. The summed E-state index contributed by atoms with van der Waals surface area (Å²) in [5.41, 5.74) is 2.68. The maximum Gasteiger partial charge on any atom is 0.191 e. The van der Waals surface area contributed by atoms with Crippen LogP contribution in [-0.2, 0) is 13.0 Å². The molecule has 3 aromatic rings. The summed E-state index contributed by atoms with van der Waals surface area (Å²) in [6.07, 6.45) is 2.65. The fourth-order valence-corrected chi connectivity index (χ4v) is 3.01. The Morgan fingerprint density at radius 1 is 1.14 bits per heavy atom. The molecule has 0 unspecified atom stereocenters. The van der Waals surface area contributed by atoms with Crippen molar-refractivity contribution < 1.29 is 13.5 Å². The first-order chi connectivity index (χ1) is 13.6. The zero-order valence-electron chi connectivity index (χ0n) is 16.0. The van der Waals surface area contributed by atoms with Crippen LogP contribution in [0, 0.1) is 11.6 Å². The van der Waals surface area contributed by atoms with E-state index in [2.05, 4.69) is 20.6 Å². The van der Waals surface area contributed by atoms with E-state index in [1.54, 1.807) is 19.2 Å². The van der Waals surface area contributed by atoms with Crippen molar-refractivity contribution in [3.8, 4) is 5.75 Å². The van der Waals surface area contributed by atoms with Crippen molar-refractivity contribution in [1.29, 1.82) is 0 Å². The first-order valence-electron chi connectivity index (χ1n) is 9.22. The first-order valence-corrected chi connectivity index (χ1v) is 9.22. The first kappa shape index (κ1) is 19.7. The van der Waals surface area contributed by atoms with Gasteiger partial charge in [0.05, 0.1) is 6.61 Å². The van der Waals surface area contributed by atoms with Gasteiger partial charge in [0.1, 0.15) is 5.82 Å². The molecule has 0 spiro atoms. The van der Waals surface area contributed by atoms with Gasteiger partial charge < -0.3 is 20.4 Å². The second-order valence-corrected chi connectivity index (χ2v) is 6.30. The van der Waals surface area contributed by atoms with Crippen molar-refractivity contribution in [3.05, 3.63) is 65.4 Å². The number of nitrogens with one attached hydrogen (secondary N) is 3. The monoisotopic (exact) mass is 386 g/mol. The molecule has 0 bridgehead atoms. The van der Waals surface area contributed by atoms with E-state index < -0.39 is 0 Å². The van der Waals surface area contributed by atoms with Gasteiger partial charge in [-0.1, -0.05) is 6.07 Å². The fraction of sp³-hybridized carbons (Fsp3) is 0.286.